The van der Waals surface area contributed by atoms with Crippen LogP contribution in [0, 0.1) is 10.5 Å². The highest BCUT2D eigenvalue weighted by atomic mass is 127. The van der Waals surface area contributed by atoms with Crippen molar-refractivity contribution in [1.29, 1.82) is 0 Å². The lowest BCUT2D eigenvalue weighted by atomic mass is 9.98. The number of aryl methyl sites for hydroxylation is 1. The molecule has 3 heteroatoms. The fraction of sp³-hybridized carbons (Fsp3) is 0.143. The van der Waals surface area contributed by atoms with E-state index in [1.165, 1.54) is 5.56 Å². The van der Waals surface area contributed by atoms with Crippen molar-refractivity contribution in [2.24, 2.45) is 5.73 Å². The lowest BCUT2D eigenvalue weighted by Crippen LogP contribution is -2.13. The van der Waals surface area contributed by atoms with Gasteiger partial charge in [-0.2, -0.15) is 0 Å². The molecule has 17 heavy (non-hydrogen) atoms. The number of benzene rings is 2. The van der Waals surface area contributed by atoms with Crippen LogP contribution in [0.3, 0.4) is 0 Å². The van der Waals surface area contributed by atoms with Gasteiger partial charge in [-0.1, -0.05) is 41.4 Å². The first-order valence-corrected chi connectivity index (χ1v) is 6.80. The number of halogens is 2. The van der Waals surface area contributed by atoms with Gasteiger partial charge < -0.3 is 5.73 Å². The highest BCUT2D eigenvalue weighted by Crippen LogP contribution is 2.27. The summed E-state index contributed by atoms with van der Waals surface area (Å²) >= 11 is 8.31. The molecule has 0 aromatic heterocycles. The van der Waals surface area contributed by atoms with Crippen LogP contribution in [0.5, 0.6) is 0 Å². The van der Waals surface area contributed by atoms with E-state index in [9.17, 15) is 0 Å². The normalized spacial score (nSPS) is 12.5. The Morgan fingerprint density at radius 3 is 2.65 bits per heavy atom. The van der Waals surface area contributed by atoms with Crippen LogP contribution in [0.2, 0.25) is 5.02 Å². The first-order valence-electron chi connectivity index (χ1n) is 5.35. The van der Waals surface area contributed by atoms with E-state index < -0.39 is 0 Å². The predicted molar refractivity (Wildman–Crippen MR) is 81.4 cm³/mol. The predicted octanol–water partition coefficient (Wildman–Crippen LogP) is 4.30. The van der Waals surface area contributed by atoms with Crippen LogP contribution in [-0.2, 0) is 0 Å². The van der Waals surface area contributed by atoms with E-state index in [1.807, 2.05) is 24.3 Å². The van der Waals surface area contributed by atoms with Gasteiger partial charge in [0.25, 0.3) is 0 Å². The third-order valence-corrected chi connectivity index (χ3v) is 3.91. The lowest BCUT2D eigenvalue weighted by molar-refractivity contribution is 0.863. The maximum atomic E-state index is 6.29. The topological polar surface area (TPSA) is 26.0 Å². The lowest BCUT2D eigenvalue weighted by Gasteiger charge is -2.15. The van der Waals surface area contributed by atoms with Crippen molar-refractivity contribution >= 4 is 34.2 Å². The zero-order valence-corrected chi connectivity index (χ0v) is 12.4. The largest absolute Gasteiger partial charge is 0.320 e. The van der Waals surface area contributed by atoms with Gasteiger partial charge in [0.2, 0.25) is 0 Å². The Morgan fingerprint density at radius 2 is 1.94 bits per heavy atom. The summed E-state index contributed by atoms with van der Waals surface area (Å²) in [6.45, 7) is 2.07. The van der Waals surface area contributed by atoms with Crippen LogP contribution in [0.15, 0.2) is 42.5 Å². The third-order valence-electron chi connectivity index (χ3n) is 2.69. The molecule has 1 atom stereocenters. The van der Waals surface area contributed by atoms with Crippen molar-refractivity contribution in [1.82, 2.24) is 0 Å². The summed E-state index contributed by atoms with van der Waals surface area (Å²) < 4.78 is 1.14. The maximum absolute atomic E-state index is 6.29. The Morgan fingerprint density at radius 1 is 1.18 bits per heavy atom. The second-order valence-electron chi connectivity index (χ2n) is 4.06. The molecule has 0 amide bonds. The van der Waals surface area contributed by atoms with Gasteiger partial charge >= 0.3 is 0 Å². The number of hydrogen-bond acceptors (Lipinski definition) is 1. The Bertz CT molecular complexity index is 539. The molecule has 88 valence electrons. The molecule has 0 aliphatic heterocycles. The zero-order valence-electron chi connectivity index (χ0n) is 9.45. The molecule has 0 bridgehead atoms. The monoisotopic (exact) mass is 357 g/mol. The molecular weight excluding hydrogens is 345 g/mol. The molecule has 2 aromatic carbocycles. The quantitative estimate of drug-likeness (QED) is 0.797. The number of nitrogens with two attached hydrogens (primary N) is 1. The fourth-order valence-electron chi connectivity index (χ4n) is 1.80. The van der Waals surface area contributed by atoms with E-state index in [4.69, 9.17) is 17.3 Å². The maximum Gasteiger partial charge on any atom is 0.0562 e. The van der Waals surface area contributed by atoms with Crippen LogP contribution in [-0.4, -0.2) is 0 Å². The van der Waals surface area contributed by atoms with Crippen LogP contribution in [0.1, 0.15) is 22.7 Å². The molecular formula is C14H13ClIN. The van der Waals surface area contributed by atoms with E-state index in [1.54, 1.807) is 0 Å². The van der Waals surface area contributed by atoms with Gasteiger partial charge in [0.15, 0.2) is 0 Å². The van der Waals surface area contributed by atoms with Crippen molar-refractivity contribution in [3.8, 4) is 0 Å². The van der Waals surface area contributed by atoms with Gasteiger partial charge in [0.05, 0.1) is 6.04 Å². The average Bonchev–Trinajstić information content (AvgIpc) is 2.31. The highest BCUT2D eigenvalue weighted by molar-refractivity contribution is 14.1. The first-order chi connectivity index (χ1) is 8.08. The van der Waals surface area contributed by atoms with Crippen LogP contribution < -0.4 is 5.73 Å². The van der Waals surface area contributed by atoms with E-state index >= 15 is 0 Å². The first kappa shape index (κ1) is 12.9. The van der Waals surface area contributed by atoms with Gasteiger partial charge in [0, 0.05) is 8.59 Å². The number of rotatable bonds is 2. The summed E-state index contributed by atoms with van der Waals surface area (Å²) in [5.74, 6) is 0. The van der Waals surface area contributed by atoms with Crippen LogP contribution in [0.25, 0.3) is 0 Å². The van der Waals surface area contributed by atoms with E-state index in [0.29, 0.717) is 0 Å². The van der Waals surface area contributed by atoms with E-state index in [2.05, 4.69) is 47.7 Å². The molecule has 2 N–H and O–H groups in total. The molecule has 0 aliphatic rings. The SMILES string of the molecule is Cc1cccc(C(N)c2cc(Cl)ccc2I)c1. The van der Waals surface area contributed by atoms with Crippen molar-refractivity contribution in [2.45, 2.75) is 13.0 Å². The molecule has 0 saturated carbocycles. The molecule has 0 fully saturated rings. The van der Waals surface area contributed by atoms with Crippen LogP contribution >= 0.6 is 34.2 Å². The van der Waals surface area contributed by atoms with Crippen molar-refractivity contribution < 1.29 is 0 Å². The minimum absolute atomic E-state index is 0.125. The minimum Gasteiger partial charge on any atom is -0.320 e. The third kappa shape index (κ3) is 3.00. The molecule has 1 nitrogen and oxygen atoms in total. The second-order valence-corrected chi connectivity index (χ2v) is 5.66. The Kier molecular flexibility index (Phi) is 4.07. The molecule has 0 aliphatic carbocycles. The summed E-state index contributed by atoms with van der Waals surface area (Å²) in [4.78, 5) is 0. The van der Waals surface area contributed by atoms with Gasteiger partial charge in [-0.25, -0.2) is 0 Å². The summed E-state index contributed by atoms with van der Waals surface area (Å²) in [6.07, 6.45) is 0. The van der Waals surface area contributed by atoms with E-state index in [0.717, 1.165) is 19.7 Å². The van der Waals surface area contributed by atoms with Crippen molar-refractivity contribution in [3.05, 3.63) is 67.7 Å². The van der Waals surface area contributed by atoms with Crippen LogP contribution in [0.4, 0.5) is 0 Å². The summed E-state index contributed by atoms with van der Waals surface area (Å²) in [5, 5.41) is 0.725. The van der Waals surface area contributed by atoms with Gasteiger partial charge in [-0.05, 0) is 58.8 Å². The number of hydrogen-bond donors (Lipinski definition) is 1. The summed E-state index contributed by atoms with van der Waals surface area (Å²) in [5.41, 5.74) is 9.70. The van der Waals surface area contributed by atoms with Crippen molar-refractivity contribution in [2.75, 3.05) is 0 Å². The van der Waals surface area contributed by atoms with E-state index in [-0.39, 0.29) is 6.04 Å². The minimum atomic E-state index is -0.125. The smallest absolute Gasteiger partial charge is 0.0562 e. The summed E-state index contributed by atoms with van der Waals surface area (Å²) in [6, 6.07) is 14.0. The molecule has 0 heterocycles. The zero-order chi connectivity index (χ0) is 12.4. The van der Waals surface area contributed by atoms with Gasteiger partial charge in [0.1, 0.15) is 0 Å². The molecule has 2 aromatic rings. The Hall–Kier alpha value is -0.580. The highest BCUT2D eigenvalue weighted by Gasteiger charge is 2.12. The molecule has 0 radical (unpaired) electrons. The molecule has 1 unspecified atom stereocenters. The second kappa shape index (κ2) is 5.38. The fourth-order valence-corrected chi connectivity index (χ4v) is 2.65. The molecule has 0 saturated heterocycles. The Balaban J connectivity index is 2.43. The molecule has 0 spiro atoms. The summed E-state index contributed by atoms with van der Waals surface area (Å²) in [7, 11) is 0. The molecule has 2 rings (SSSR count). The van der Waals surface area contributed by atoms with Crippen molar-refractivity contribution in [3.63, 3.8) is 0 Å². The Labute approximate surface area is 120 Å². The van der Waals surface area contributed by atoms with Gasteiger partial charge in [-0.3, -0.25) is 0 Å². The van der Waals surface area contributed by atoms with Gasteiger partial charge in [-0.15, -0.1) is 0 Å². The average molecular weight is 358 g/mol. The standard InChI is InChI=1S/C14H13ClIN/c1-9-3-2-4-10(7-9)14(17)12-8-11(15)5-6-13(12)16/h2-8,14H,17H2,1H3.